The van der Waals surface area contributed by atoms with Gasteiger partial charge in [0.1, 0.15) is 10.7 Å². The van der Waals surface area contributed by atoms with Crippen LogP contribution in [0.1, 0.15) is 26.4 Å². The molecule has 1 fully saturated rings. The van der Waals surface area contributed by atoms with Crippen LogP contribution in [0, 0.1) is 6.92 Å². The zero-order valence-corrected chi connectivity index (χ0v) is 17.4. The van der Waals surface area contributed by atoms with Crippen molar-refractivity contribution < 1.29 is 14.6 Å². The number of fused-ring (bicyclic) bond motifs is 2. The lowest BCUT2D eigenvalue weighted by atomic mass is 9.91. The van der Waals surface area contributed by atoms with Gasteiger partial charge in [-0.1, -0.05) is 48.0 Å². The van der Waals surface area contributed by atoms with E-state index in [-0.39, 0.29) is 16.6 Å². The fraction of sp³-hybridized carbons (Fsp3) is 0.208. The van der Waals surface area contributed by atoms with Crippen LogP contribution in [0.3, 0.4) is 0 Å². The number of benzene rings is 2. The second-order valence-corrected chi connectivity index (χ2v) is 8.10. The Labute approximate surface area is 179 Å². The van der Waals surface area contributed by atoms with Crippen molar-refractivity contribution in [3.63, 3.8) is 0 Å². The van der Waals surface area contributed by atoms with Gasteiger partial charge in [0.25, 0.3) is 0 Å². The van der Waals surface area contributed by atoms with Crippen molar-refractivity contribution in [1.29, 1.82) is 0 Å². The van der Waals surface area contributed by atoms with Crippen LogP contribution in [0.4, 0.5) is 5.69 Å². The van der Waals surface area contributed by atoms with Gasteiger partial charge >= 0.3 is 0 Å². The number of hydrogen-bond acceptors (Lipinski definition) is 4. The zero-order chi connectivity index (χ0) is 20.8. The molecule has 0 spiro atoms. The molecule has 0 radical (unpaired) electrons. The Kier molecular flexibility index (Phi) is 4.55. The van der Waals surface area contributed by atoms with Crippen LogP contribution >= 0.6 is 11.6 Å². The summed E-state index contributed by atoms with van der Waals surface area (Å²) in [5.74, 6) is -0.441. The number of carbonyl (C=O) groups is 2. The summed E-state index contributed by atoms with van der Waals surface area (Å²) in [4.78, 5) is 33.5. The third-order valence-electron chi connectivity index (χ3n) is 5.86. The highest BCUT2D eigenvalue weighted by Gasteiger charge is 2.35. The number of aryl methyl sites for hydroxylation is 1. The molecule has 30 heavy (non-hydrogen) atoms. The first-order chi connectivity index (χ1) is 14.5. The Morgan fingerprint density at radius 2 is 1.43 bits per heavy atom. The Balaban J connectivity index is 1.43. The maximum absolute atomic E-state index is 13.1. The van der Waals surface area contributed by atoms with Gasteiger partial charge in [-0.2, -0.15) is 0 Å². The molecule has 0 amide bonds. The number of aromatic amines is 1. The molecular weight excluding hydrogens is 398 g/mol. The summed E-state index contributed by atoms with van der Waals surface area (Å²) in [7, 11) is 0. The molecule has 3 aromatic rings. The van der Waals surface area contributed by atoms with E-state index in [4.69, 9.17) is 11.6 Å². The number of H-pyrrole nitrogens is 1. The fourth-order valence-corrected chi connectivity index (χ4v) is 4.70. The molecule has 1 aromatic heterocycles. The average Bonchev–Trinajstić information content (AvgIpc) is 2.77. The molecule has 2 aliphatic rings. The van der Waals surface area contributed by atoms with Crippen molar-refractivity contribution >= 4 is 39.8 Å². The first-order valence-electron chi connectivity index (χ1n) is 10.0. The zero-order valence-electron chi connectivity index (χ0n) is 16.6. The summed E-state index contributed by atoms with van der Waals surface area (Å²) >= 11 is 6.39. The second-order valence-electron chi connectivity index (χ2n) is 7.72. The molecule has 5 rings (SSSR count). The molecule has 1 aliphatic heterocycles. The normalized spacial score (nSPS) is 17.0. The quantitative estimate of drug-likeness (QED) is 0.638. The third-order valence-corrected chi connectivity index (χ3v) is 6.21. The summed E-state index contributed by atoms with van der Waals surface area (Å²) in [5, 5.41) is 1.20. The van der Waals surface area contributed by atoms with Crippen LogP contribution in [0.5, 0.6) is 0 Å². The van der Waals surface area contributed by atoms with E-state index in [2.05, 4.69) is 35.0 Å². The van der Waals surface area contributed by atoms with Crippen molar-refractivity contribution in [2.45, 2.75) is 6.92 Å². The fourth-order valence-electron chi connectivity index (χ4n) is 4.39. The summed E-state index contributed by atoms with van der Waals surface area (Å²) in [5.41, 5.74) is 4.54. The first kappa shape index (κ1) is 18.8. The number of Topliss-reactive ketones (excluding diaryl/α,β-unsaturated/α-hetero) is 2. The Morgan fingerprint density at radius 1 is 0.833 bits per heavy atom. The minimum Gasteiger partial charge on any atom is -0.367 e. The molecule has 0 unspecified atom stereocenters. The number of aromatic nitrogens is 1. The van der Waals surface area contributed by atoms with E-state index in [1.165, 1.54) is 11.1 Å². The molecule has 6 heteroatoms. The van der Waals surface area contributed by atoms with Crippen molar-refractivity contribution in [2.75, 3.05) is 31.1 Å². The van der Waals surface area contributed by atoms with Crippen molar-refractivity contribution in [3.05, 3.63) is 82.1 Å². The third kappa shape index (κ3) is 2.97. The van der Waals surface area contributed by atoms with Gasteiger partial charge in [-0.15, -0.1) is 0 Å². The average molecular weight is 419 g/mol. The van der Waals surface area contributed by atoms with E-state index in [0.717, 1.165) is 24.3 Å². The molecule has 2 heterocycles. The highest BCUT2D eigenvalue weighted by atomic mass is 35.5. The molecule has 1 aliphatic carbocycles. The van der Waals surface area contributed by atoms with Crippen molar-refractivity contribution in [2.24, 2.45) is 0 Å². The number of piperazine rings is 1. The molecule has 0 saturated carbocycles. The maximum Gasteiger partial charge on any atom is 0.213 e. The van der Waals surface area contributed by atoms with Crippen molar-refractivity contribution in [3.8, 4) is 0 Å². The first-order valence-corrected chi connectivity index (χ1v) is 10.4. The smallest absolute Gasteiger partial charge is 0.213 e. The van der Waals surface area contributed by atoms with Gasteiger partial charge in [-0.05, 0) is 6.07 Å². The molecule has 1 saturated heterocycles. The maximum atomic E-state index is 13.1. The highest BCUT2D eigenvalue weighted by molar-refractivity contribution is 6.49. The van der Waals surface area contributed by atoms with Gasteiger partial charge in [-0.3, -0.25) is 9.59 Å². The van der Waals surface area contributed by atoms with E-state index >= 15 is 0 Å². The molecule has 150 valence electrons. The molecule has 1 N–H and O–H groups in total. The lowest BCUT2D eigenvalue weighted by Gasteiger charge is -2.39. The van der Waals surface area contributed by atoms with Crippen LogP contribution in [-0.4, -0.2) is 42.6 Å². The summed E-state index contributed by atoms with van der Waals surface area (Å²) in [6, 6.07) is 17.3. The minimum atomic E-state index is -0.274. The lowest BCUT2D eigenvalue weighted by molar-refractivity contribution is -0.354. The molecule has 0 atom stereocenters. The van der Waals surface area contributed by atoms with E-state index in [1.54, 1.807) is 24.3 Å². The van der Waals surface area contributed by atoms with E-state index < -0.39 is 0 Å². The number of ketones is 2. The molecule has 2 aromatic carbocycles. The number of nitrogens with one attached hydrogen (secondary N) is 1. The number of anilines is 1. The number of pyridine rings is 1. The van der Waals surface area contributed by atoms with E-state index in [0.29, 0.717) is 29.9 Å². The van der Waals surface area contributed by atoms with Gasteiger partial charge in [0, 0.05) is 56.4 Å². The van der Waals surface area contributed by atoms with Crippen LogP contribution in [0.15, 0.2) is 65.3 Å². The van der Waals surface area contributed by atoms with E-state index in [9.17, 15) is 9.59 Å². The Hall–Kier alpha value is -3.18. The number of carbonyl (C=O) groups excluding carboxylic acids is 2. The predicted octanol–water partition coefficient (Wildman–Crippen LogP) is 3.61. The van der Waals surface area contributed by atoms with Crippen LogP contribution in [-0.2, 0) is 0 Å². The monoisotopic (exact) mass is 418 g/mol. The number of nitrogens with zero attached hydrogens (tertiary/aromatic N) is 2. The highest BCUT2D eigenvalue weighted by Crippen LogP contribution is 2.32. The second kappa shape index (κ2) is 7.26. The molecule has 0 bridgehead atoms. The van der Waals surface area contributed by atoms with Crippen molar-refractivity contribution in [1.82, 2.24) is 4.90 Å². The lowest BCUT2D eigenvalue weighted by Crippen LogP contribution is -2.48. The summed E-state index contributed by atoms with van der Waals surface area (Å²) < 4.78 is 0. The van der Waals surface area contributed by atoms with E-state index in [1.807, 2.05) is 17.0 Å². The number of halogens is 1. The Bertz CT molecular complexity index is 1230. The predicted molar refractivity (Wildman–Crippen MR) is 117 cm³/mol. The largest absolute Gasteiger partial charge is 0.367 e. The Morgan fingerprint density at radius 3 is 2.17 bits per heavy atom. The molecular formula is C24H21ClN3O2+. The number of para-hydroxylation sites is 1. The number of hydrogen-bond donors (Lipinski definition) is 0. The van der Waals surface area contributed by atoms with Gasteiger partial charge < -0.3 is 9.80 Å². The molecule has 5 nitrogen and oxygen atoms in total. The van der Waals surface area contributed by atoms with Gasteiger partial charge in [0.05, 0.1) is 11.1 Å². The standard InChI is InChI=1S/C24H20ClN3O2/c1-15-14-20(18-8-4-5-9-19(18)26-15)27-10-12-28(13-11-27)22-21(25)23(29)16-6-2-3-7-17(16)24(22)30/h2-9,14H,10-13H2,1H3/p+1. The summed E-state index contributed by atoms with van der Waals surface area (Å²) in [6.45, 7) is 4.78. The minimum absolute atomic E-state index is 0.0303. The SMILES string of the molecule is Cc1cc(N2CCN(C3=C(Cl)C(=O)c4ccccc4C3=O)CC2)c2ccccc2[nH+]1. The number of allylic oxidation sites excluding steroid dienone is 2. The topological polar surface area (TPSA) is 54.8 Å². The van der Waals surface area contributed by atoms with Crippen LogP contribution in [0.25, 0.3) is 10.9 Å². The summed E-state index contributed by atoms with van der Waals surface area (Å²) in [6.07, 6.45) is 0. The number of rotatable bonds is 2. The van der Waals surface area contributed by atoms with Gasteiger partial charge in [0.2, 0.25) is 17.1 Å². The van der Waals surface area contributed by atoms with Crippen LogP contribution < -0.4 is 9.88 Å². The van der Waals surface area contributed by atoms with Gasteiger partial charge in [-0.25, -0.2) is 4.98 Å². The van der Waals surface area contributed by atoms with Crippen LogP contribution in [0.2, 0.25) is 0 Å². The van der Waals surface area contributed by atoms with Gasteiger partial charge in [0.15, 0.2) is 5.69 Å².